The van der Waals surface area contributed by atoms with Crippen LogP contribution in [0.4, 0.5) is 18.0 Å². The molecule has 0 fully saturated rings. The van der Waals surface area contributed by atoms with Crippen LogP contribution in [0, 0.1) is 0 Å². The highest BCUT2D eigenvalue weighted by Crippen LogP contribution is 2.45. The van der Waals surface area contributed by atoms with Crippen LogP contribution in [0.25, 0.3) is 0 Å². The molecule has 188 valence electrons. The van der Waals surface area contributed by atoms with Gasteiger partial charge in [0, 0.05) is 5.02 Å². The lowest BCUT2D eigenvalue weighted by Gasteiger charge is -2.45. The van der Waals surface area contributed by atoms with Crippen molar-refractivity contribution in [2.24, 2.45) is 0 Å². The zero-order valence-electron chi connectivity index (χ0n) is 19.7. The predicted molar refractivity (Wildman–Crippen MR) is 127 cm³/mol. The van der Waals surface area contributed by atoms with Gasteiger partial charge in [-0.3, -0.25) is 0 Å². The molecule has 0 bridgehead atoms. The summed E-state index contributed by atoms with van der Waals surface area (Å²) in [5, 5.41) is 2.77. The molecule has 0 aromatic heterocycles. The van der Waals surface area contributed by atoms with Crippen molar-refractivity contribution in [1.29, 1.82) is 0 Å². The summed E-state index contributed by atoms with van der Waals surface area (Å²) >= 11 is 12.0. The van der Waals surface area contributed by atoms with Crippen LogP contribution in [0.3, 0.4) is 0 Å². The first-order valence-corrected chi connectivity index (χ1v) is 13.9. The standard InChI is InChI=1S/C22H32Cl2F3NO4Si/c1-13(2)33(14(3)4,15(5)6)11-17(10-28-21(30)31-12-22(25,26)27)32-20(29)18-8-7-16(23)9-19(18)24/h7-9,13-15,17H,10-12H2,1-6H3,(H,28,30)/t17-/m0/s1. The van der Waals surface area contributed by atoms with Crippen LogP contribution in [0.2, 0.25) is 32.7 Å². The molecule has 1 aromatic carbocycles. The van der Waals surface area contributed by atoms with E-state index >= 15 is 0 Å². The molecule has 1 rings (SSSR count). The number of benzene rings is 1. The zero-order valence-corrected chi connectivity index (χ0v) is 22.2. The van der Waals surface area contributed by atoms with Gasteiger partial charge in [-0.15, -0.1) is 0 Å². The number of esters is 1. The average molecular weight is 530 g/mol. The number of carbonyl (C=O) groups excluding carboxylic acids is 2. The summed E-state index contributed by atoms with van der Waals surface area (Å²) in [5.41, 5.74) is 1.09. The molecule has 1 atom stereocenters. The summed E-state index contributed by atoms with van der Waals surface area (Å²) in [6.45, 7) is 10.9. The predicted octanol–water partition coefficient (Wildman–Crippen LogP) is 7.49. The highest BCUT2D eigenvalue weighted by atomic mass is 35.5. The number of amides is 1. The lowest BCUT2D eigenvalue weighted by molar-refractivity contribution is -0.160. The maximum atomic E-state index is 12.9. The highest BCUT2D eigenvalue weighted by Gasteiger charge is 2.45. The van der Waals surface area contributed by atoms with E-state index in [9.17, 15) is 22.8 Å². The molecule has 1 aromatic rings. The van der Waals surface area contributed by atoms with Crippen molar-refractivity contribution in [3.63, 3.8) is 0 Å². The van der Waals surface area contributed by atoms with Crippen LogP contribution < -0.4 is 5.32 Å². The molecule has 0 aliphatic rings. The SMILES string of the molecule is CC(C)[Si](C[C@H](CNC(=O)OCC(F)(F)F)OC(=O)c1ccc(Cl)cc1Cl)(C(C)C)C(C)C. The molecular weight excluding hydrogens is 498 g/mol. The van der Waals surface area contributed by atoms with Crippen molar-refractivity contribution in [3.8, 4) is 0 Å². The van der Waals surface area contributed by atoms with Crippen molar-refractivity contribution >= 4 is 43.3 Å². The fourth-order valence-electron chi connectivity index (χ4n) is 4.52. The Morgan fingerprint density at radius 1 is 1.03 bits per heavy atom. The maximum absolute atomic E-state index is 12.9. The van der Waals surface area contributed by atoms with Gasteiger partial charge in [0.05, 0.1) is 25.2 Å². The summed E-state index contributed by atoms with van der Waals surface area (Å²) in [7, 11) is -2.10. The molecular formula is C22H32Cl2F3NO4Si. The van der Waals surface area contributed by atoms with E-state index in [0.29, 0.717) is 27.7 Å². The van der Waals surface area contributed by atoms with Gasteiger partial charge in [0.1, 0.15) is 6.10 Å². The lowest BCUT2D eigenvalue weighted by atomic mass is 10.2. The quantitative estimate of drug-likeness (QED) is 0.252. The van der Waals surface area contributed by atoms with Crippen LogP contribution in [0.5, 0.6) is 0 Å². The number of alkyl carbamates (subject to hydrolysis) is 1. The summed E-state index contributed by atoms with van der Waals surface area (Å²) in [6, 6.07) is 4.86. The molecule has 1 amide bonds. The highest BCUT2D eigenvalue weighted by molar-refractivity contribution is 6.83. The fourth-order valence-corrected chi connectivity index (χ4v) is 11.4. The number of carbonyl (C=O) groups is 2. The third-order valence-electron chi connectivity index (χ3n) is 6.07. The Morgan fingerprint density at radius 3 is 2.03 bits per heavy atom. The van der Waals surface area contributed by atoms with Gasteiger partial charge in [0.25, 0.3) is 0 Å². The third-order valence-corrected chi connectivity index (χ3v) is 14.2. The van der Waals surface area contributed by atoms with E-state index < -0.39 is 39.0 Å². The lowest BCUT2D eigenvalue weighted by Crippen LogP contribution is -2.50. The van der Waals surface area contributed by atoms with Gasteiger partial charge in [-0.2, -0.15) is 13.2 Å². The van der Waals surface area contributed by atoms with Crippen molar-refractivity contribution in [2.75, 3.05) is 13.2 Å². The van der Waals surface area contributed by atoms with Gasteiger partial charge >= 0.3 is 18.2 Å². The van der Waals surface area contributed by atoms with Crippen LogP contribution in [-0.4, -0.2) is 45.6 Å². The van der Waals surface area contributed by atoms with Crippen LogP contribution >= 0.6 is 23.2 Å². The molecule has 0 radical (unpaired) electrons. The van der Waals surface area contributed by atoms with Gasteiger partial charge in [0.15, 0.2) is 6.61 Å². The number of hydrogen-bond acceptors (Lipinski definition) is 4. The Kier molecular flexibility index (Phi) is 11.0. The van der Waals surface area contributed by atoms with Gasteiger partial charge in [-0.25, -0.2) is 9.59 Å². The third kappa shape index (κ3) is 8.68. The van der Waals surface area contributed by atoms with E-state index in [2.05, 4.69) is 51.6 Å². The topological polar surface area (TPSA) is 64.6 Å². The monoisotopic (exact) mass is 529 g/mol. The minimum atomic E-state index is -4.64. The van der Waals surface area contributed by atoms with Crippen molar-refractivity contribution < 1.29 is 32.2 Å². The molecule has 1 N–H and O–H groups in total. The Balaban J connectivity index is 3.14. The number of halogens is 5. The Hall–Kier alpha value is -1.45. The first-order valence-electron chi connectivity index (χ1n) is 10.7. The van der Waals surface area contributed by atoms with Crippen LogP contribution in [0.15, 0.2) is 18.2 Å². The van der Waals surface area contributed by atoms with Crippen LogP contribution in [-0.2, 0) is 9.47 Å². The Bertz CT molecular complexity index is 798. The molecule has 0 saturated carbocycles. The fraction of sp³-hybridized carbons (Fsp3) is 0.636. The number of alkyl halides is 3. The Morgan fingerprint density at radius 2 is 1.58 bits per heavy atom. The molecule has 0 saturated heterocycles. The first-order chi connectivity index (χ1) is 15.1. The van der Waals surface area contributed by atoms with Gasteiger partial charge in [0.2, 0.25) is 0 Å². The van der Waals surface area contributed by atoms with E-state index in [1.807, 2.05) is 0 Å². The molecule has 5 nitrogen and oxygen atoms in total. The van der Waals surface area contributed by atoms with Crippen molar-refractivity contribution in [3.05, 3.63) is 33.8 Å². The zero-order chi connectivity index (χ0) is 25.6. The second-order valence-electron chi connectivity index (χ2n) is 9.00. The number of nitrogens with one attached hydrogen (secondary N) is 1. The maximum Gasteiger partial charge on any atom is 0.422 e. The minimum absolute atomic E-state index is 0.108. The summed E-state index contributed by atoms with van der Waals surface area (Å²) in [6.07, 6.45) is -6.64. The van der Waals surface area contributed by atoms with Crippen molar-refractivity contribution in [2.45, 2.75) is 76.5 Å². The average Bonchev–Trinajstić information content (AvgIpc) is 2.66. The molecule has 11 heteroatoms. The molecule has 0 aliphatic heterocycles. The van der Waals surface area contributed by atoms with Gasteiger partial charge < -0.3 is 14.8 Å². The van der Waals surface area contributed by atoms with E-state index in [1.165, 1.54) is 18.2 Å². The van der Waals surface area contributed by atoms with E-state index in [4.69, 9.17) is 27.9 Å². The van der Waals surface area contributed by atoms with Crippen molar-refractivity contribution in [1.82, 2.24) is 5.32 Å². The summed E-state index contributed by atoms with van der Waals surface area (Å²) in [5.74, 6) is -0.703. The number of ether oxygens (including phenoxy) is 2. The molecule has 0 aliphatic carbocycles. The second kappa shape index (κ2) is 12.3. The van der Waals surface area contributed by atoms with Crippen LogP contribution in [0.1, 0.15) is 51.9 Å². The Labute approximate surface area is 204 Å². The normalized spacial score (nSPS) is 13.4. The largest absolute Gasteiger partial charge is 0.457 e. The molecule has 0 spiro atoms. The molecule has 0 heterocycles. The van der Waals surface area contributed by atoms with E-state index in [-0.39, 0.29) is 17.1 Å². The molecule has 33 heavy (non-hydrogen) atoms. The summed E-state index contributed by atoms with van der Waals surface area (Å²) in [4.78, 5) is 24.7. The van der Waals surface area contributed by atoms with Gasteiger partial charge in [-0.1, -0.05) is 81.4 Å². The molecule has 0 unspecified atom stereocenters. The summed E-state index contributed by atoms with van der Waals surface area (Å²) < 4.78 is 47.0. The van der Waals surface area contributed by atoms with Gasteiger partial charge in [-0.05, 0) is 24.2 Å². The van der Waals surface area contributed by atoms with E-state index in [1.54, 1.807) is 0 Å². The second-order valence-corrected chi connectivity index (χ2v) is 15.9. The minimum Gasteiger partial charge on any atom is -0.457 e. The smallest absolute Gasteiger partial charge is 0.422 e. The van der Waals surface area contributed by atoms with E-state index in [0.717, 1.165) is 0 Å². The number of hydrogen-bond donors (Lipinski definition) is 1. The first kappa shape index (κ1) is 29.6. The number of rotatable bonds is 10.